The van der Waals surface area contributed by atoms with Crippen LogP contribution in [0.5, 0.6) is 11.5 Å². The van der Waals surface area contributed by atoms with Crippen LogP contribution in [0.1, 0.15) is 18.7 Å². The third kappa shape index (κ3) is 2.41. The summed E-state index contributed by atoms with van der Waals surface area (Å²) in [5, 5.41) is 0. The van der Waals surface area contributed by atoms with Gasteiger partial charge in [-0.05, 0) is 31.5 Å². The molecule has 0 bridgehead atoms. The topological polar surface area (TPSA) is 73.2 Å². The van der Waals surface area contributed by atoms with Gasteiger partial charge in [0.2, 0.25) is 0 Å². The number of aromatic amines is 1. The van der Waals surface area contributed by atoms with Gasteiger partial charge in [-0.15, -0.1) is 0 Å². The molecule has 3 N–H and O–H groups in total. The first-order chi connectivity index (χ1) is 8.80. The maximum atomic E-state index is 5.49. The molecule has 0 aliphatic rings. The zero-order chi connectivity index (χ0) is 13.0. The third-order valence-electron chi connectivity index (χ3n) is 2.93. The van der Waals surface area contributed by atoms with E-state index >= 15 is 0 Å². The van der Waals surface area contributed by atoms with E-state index in [4.69, 9.17) is 15.2 Å². The number of benzene rings is 1. The van der Waals surface area contributed by atoms with Crippen LogP contribution in [0.4, 0.5) is 0 Å². The van der Waals surface area contributed by atoms with Gasteiger partial charge in [0.25, 0.3) is 0 Å². The number of nitrogens with zero attached hydrogens (tertiary/aromatic N) is 1. The van der Waals surface area contributed by atoms with Crippen molar-refractivity contribution in [3.8, 4) is 11.5 Å². The maximum Gasteiger partial charge on any atom is 0.146 e. The highest BCUT2D eigenvalue weighted by atomic mass is 16.5. The molecule has 0 fully saturated rings. The van der Waals surface area contributed by atoms with E-state index in [1.807, 2.05) is 12.1 Å². The number of nitrogens with two attached hydrogens (primary N) is 1. The number of H-pyrrole nitrogens is 1. The Morgan fingerprint density at radius 3 is 2.56 bits per heavy atom. The van der Waals surface area contributed by atoms with Crippen molar-refractivity contribution in [2.45, 2.75) is 19.3 Å². The minimum absolute atomic E-state index is 0.715. The number of ether oxygens (including phenoxy) is 2. The highest BCUT2D eigenvalue weighted by molar-refractivity contribution is 5.87. The van der Waals surface area contributed by atoms with Gasteiger partial charge in [-0.2, -0.15) is 0 Å². The fraction of sp³-hybridized carbons (Fsp3) is 0.462. The second-order valence-corrected chi connectivity index (χ2v) is 4.12. The summed E-state index contributed by atoms with van der Waals surface area (Å²) < 4.78 is 10.6. The number of fused-ring (bicyclic) bond motifs is 1. The Balaban J connectivity index is 2.35. The van der Waals surface area contributed by atoms with Gasteiger partial charge < -0.3 is 20.2 Å². The van der Waals surface area contributed by atoms with Crippen molar-refractivity contribution in [1.82, 2.24) is 9.97 Å². The average Bonchev–Trinajstić information content (AvgIpc) is 2.81. The molecule has 1 heterocycles. The number of aryl methyl sites for hydroxylation is 1. The molecule has 0 saturated heterocycles. The minimum Gasteiger partial charge on any atom is -0.494 e. The van der Waals surface area contributed by atoms with Crippen molar-refractivity contribution in [3.05, 3.63) is 18.0 Å². The van der Waals surface area contributed by atoms with Crippen LogP contribution in [0.3, 0.4) is 0 Å². The molecular weight excluding hydrogens is 230 g/mol. The van der Waals surface area contributed by atoms with Crippen LogP contribution in [0.25, 0.3) is 11.0 Å². The van der Waals surface area contributed by atoms with Crippen LogP contribution in [0.15, 0.2) is 12.1 Å². The Hall–Kier alpha value is -1.75. The summed E-state index contributed by atoms with van der Waals surface area (Å²) in [5.74, 6) is 2.48. The number of rotatable bonds is 6. The summed E-state index contributed by atoms with van der Waals surface area (Å²) in [6, 6.07) is 3.74. The van der Waals surface area contributed by atoms with Crippen molar-refractivity contribution >= 4 is 11.0 Å². The fourth-order valence-electron chi connectivity index (χ4n) is 1.98. The van der Waals surface area contributed by atoms with E-state index in [9.17, 15) is 0 Å². The van der Waals surface area contributed by atoms with E-state index in [2.05, 4.69) is 9.97 Å². The van der Waals surface area contributed by atoms with Gasteiger partial charge in [0.15, 0.2) is 0 Å². The second-order valence-electron chi connectivity index (χ2n) is 4.12. The lowest BCUT2D eigenvalue weighted by atomic mass is 10.2. The quantitative estimate of drug-likeness (QED) is 0.766. The zero-order valence-electron chi connectivity index (χ0n) is 10.8. The molecule has 0 aliphatic heterocycles. The number of aromatic nitrogens is 2. The lowest BCUT2D eigenvalue weighted by molar-refractivity contribution is 0.409. The van der Waals surface area contributed by atoms with Crippen LogP contribution >= 0.6 is 0 Å². The predicted molar refractivity (Wildman–Crippen MR) is 71.2 cm³/mol. The summed E-state index contributed by atoms with van der Waals surface area (Å²) in [6.45, 7) is 0.715. The van der Waals surface area contributed by atoms with E-state index in [1.165, 1.54) is 0 Å². The predicted octanol–water partition coefficient (Wildman–Crippen LogP) is 1.86. The molecule has 2 rings (SSSR count). The standard InChI is InChI=1S/C13H19N3O2/c1-17-9-6-7-10(18-2)13-12(9)15-11(16-13)5-3-4-8-14/h6-7H,3-5,8,14H2,1-2H3,(H,15,16). The Morgan fingerprint density at radius 1 is 1.17 bits per heavy atom. The minimum atomic E-state index is 0.715. The van der Waals surface area contributed by atoms with Gasteiger partial charge in [0, 0.05) is 6.42 Å². The molecule has 18 heavy (non-hydrogen) atoms. The number of methoxy groups -OCH3 is 2. The van der Waals surface area contributed by atoms with Crippen molar-refractivity contribution < 1.29 is 9.47 Å². The van der Waals surface area contributed by atoms with Crippen LogP contribution in [-0.2, 0) is 6.42 Å². The van der Waals surface area contributed by atoms with Crippen LogP contribution in [0.2, 0.25) is 0 Å². The molecule has 0 atom stereocenters. The third-order valence-corrected chi connectivity index (χ3v) is 2.93. The highest BCUT2D eigenvalue weighted by Crippen LogP contribution is 2.31. The smallest absolute Gasteiger partial charge is 0.146 e. The largest absolute Gasteiger partial charge is 0.494 e. The number of imidazole rings is 1. The molecule has 0 spiro atoms. The first kappa shape index (κ1) is 12.7. The van der Waals surface area contributed by atoms with Crippen LogP contribution in [0, 0.1) is 0 Å². The van der Waals surface area contributed by atoms with E-state index < -0.39 is 0 Å². The first-order valence-corrected chi connectivity index (χ1v) is 6.09. The number of hydrogen-bond acceptors (Lipinski definition) is 4. The number of nitrogens with one attached hydrogen (secondary N) is 1. The summed E-state index contributed by atoms with van der Waals surface area (Å²) in [5.41, 5.74) is 7.20. The van der Waals surface area contributed by atoms with Crippen LogP contribution in [-0.4, -0.2) is 30.7 Å². The zero-order valence-corrected chi connectivity index (χ0v) is 10.8. The number of unbranched alkanes of at least 4 members (excludes halogenated alkanes) is 1. The summed E-state index contributed by atoms with van der Waals surface area (Å²) in [4.78, 5) is 7.85. The molecule has 0 aliphatic carbocycles. The Labute approximate surface area is 106 Å². The summed E-state index contributed by atoms with van der Waals surface area (Å²) >= 11 is 0. The molecule has 0 amide bonds. The lowest BCUT2D eigenvalue weighted by Gasteiger charge is -2.04. The normalized spacial score (nSPS) is 10.8. The van der Waals surface area contributed by atoms with E-state index in [0.29, 0.717) is 6.54 Å². The maximum absolute atomic E-state index is 5.49. The van der Waals surface area contributed by atoms with Crippen molar-refractivity contribution in [1.29, 1.82) is 0 Å². The molecule has 0 radical (unpaired) electrons. The second kappa shape index (κ2) is 5.73. The van der Waals surface area contributed by atoms with Crippen LogP contribution < -0.4 is 15.2 Å². The Bertz CT molecular complexity index is 481. The summed E-state index contributed by atoms with van der Waals surface area (Å²) in [7, 11) is 3.29. The number of hydrogen-bond donors (Lipinski definition) is 2. The van der Waals surface area contributed by atoms with Crippen molar-refractivity contribution in [3.63, 3.8) is 0 Å². The average molecular weight is 249 g/mol. The van der Waals surface area contributed by atoms with Crippen molar-refractivity contribution in [2.24, 2.45) is 5.73 Å². The molecular formula is C13H19N3O2. The Kier molecular flexibility index (Phi) is 4.04. The molecule has 98 valence electrons. The van der Waals surface area contributed by atoms with Gasteiger partial charge in [0.05, 0.1) is 14.2 Å². The fourth-order valence-corrected chi connectivity index (χ4v) is 1.98. The molecule has 0 saturated carbocycles. The molecule has 2 aromatic rings. The summed E-state index contributed by atoms with van der Waals surface area (Å²) in [6.07, 6.45) is 2.92. The van der Waals surface area contributed by atoms with Gasteiger partial charge in [-0.25, -0.2) is 4.98 Å². The molecule has 1 aromatic carbocycles. The van der Waals surface area contributed by atoms with E-state index in [-0.39, 0.29) is 0 Å². The first-order valence-electron chi connectivity index (χ1n) is 6.09. The van der Waals surface area contributed by atoms with E-state index in [0.717, 1.165) is 47.6 Å². The van der Waals surface area contributed by atoms with Gasteiger partial charge in [-0.1, -0.05) is 0 Å². The molecule has 0 unspecified atom stereocenters. The SMILES string of the molecule is COc1ccc(OC)c2[nH]c(CCCCN)nc12. The molecule has 1 aromatic heterocycles. The van der Waals surface area contributed by atoms with E-state index in [1.54, 1.807) is 14.2 Å². The van der Waals surface area contributed by atoms with Crippen molar-refractivity contribution in [2.75, 3.05) is 20.8 Å². The Morgan fingerprint density at radius 2 is 1.89 bits per heavy atom. The van der Waals surface area contributed by atoms with Gasteiger partial charge >= 0.3 is 0 Å². The highest BCUT2D eigenvalue weighted by Gasteiger charge is 2.12. The lowest BCUT2D eigenvalue weighted by Crippen LogP contribution is -1.99. The van der Waals surface area contributed by atoms with Gasteiger partial charge in [-0.3, -0.25) is 0 Å². The molecule has 5 nitrogen and oxygen atoms in total. The monoisotopic (exact) mass is 249 g/mol. The van der Waals surface area contributed by atoms with Gasteiger partial charge in [0.1, 0.15) is 28.4 Å². The molecule has 5 heteroatoms.